The second-order valence-electron chi connectivity index (χ2n) is 8.43. The highest BCUT2D eigenvalue weighted by Gasteiger charge is 2.33. The molecule has 34 heavy (non-hydrogen) atoms. The second-order valence-corrected chi connectivity index (χ2v) is 9.84. The number of fused-ring (bicyclic) bond motifs is 3. The number of allylic oxidation sites excluding steroid dienone is 2. The first-order valence-electron chi connectivity index (χ1n) is 11.3. The largest absolute Gasteiger partial charge is 0.272 e. The van der Waals surface area contributed by atoms with Gasteiger partial charge in [0.15, 0.2) is 4.80 Å². The fraction of sp³-hybridized carbons (Fsp3) is 0.103. The van der Waals surface area contributed by atoms with Gasteiger partial charge in [-0.3, -0.25) is 9.36 Å². The van der Waals surface area contributed by atoms with E-state index in [-0.39, 0.29) is 11.6 Å². The standard InChI is InChI=1S/C29H21ClN2OS/c30-24-15-7-6-14-22(24)27-23-18-17-20-12-4-5-13-21(20)26(23)31-29-32(27)28(33)25(34-29)16-8-11-19-9-2-1-3-10-19/h1-16,27H,17-18H2/b11-8+,25-16?. The summed E-state index contributed by atoms with van der Waals surface area (Å²) in [6.07, 6.45) is 7.60. The number of thiazole rings is 1. The van der Waals surface area contributed by atoms with Crippen LogP contribution in [0, 0.1) is 0 Å². The second kappa shape index (κ2) is 8.71. The number of aromatic nitrogens is 1. The van der Waals surface area contributed by atoms with Gasteiger partial charge in [0, 0.05) is 10.6 Å². The van der Waals surface area contributed by atoms with Crippen LogP contribution in [0.5, 0.6) is 0 Å². The lowest BCUT2D eigenvalue weighted by Gasteiger charge is -2.31. The van der Waals surface area contributed by atoms with E-state index >= 15 is 0 Å². The van der Waals surface area contributed by atoms with Gasteiger partial charge in [-0.25, -0.2) is 4.99 Å². The first kappa shape index (κ1) is 21.1. The van der Waals surface area contributed by atoms with Crippen LogP contribution in [-0.4, -0.2) is 4.57 Å². The van der Waals surface area contributed by atoms with Gasteiger partial charge in [0.1, 0.15) is 0 Å². The predicted molar refractivity (Wildman–Crippen MR) is 141 cm³/mol. The van der Waals surface area contributed by atoms with Crippen LogP contribution in [0.3, 0.4) is 0 Å². The average molecular weight is 481 g/mol. The number of halogens is 1. The molecule has 0 spiro atoms. The molecule has 0 saturated carbocycles. The van der Waals surface area contributed by atoms with Crippen LogP contribution in [0.1, 0.15) is 34.7 Å². The minimum atomic E-state index is -0.256. The Morgan fingerprint density at radius 1 is 0.941 bits per heavy atom. The van der Waals surface area contributed by atoms with E-state index in [1.54, 1.807) is 0 Å². The zero-order valence-corrected chi connectivity index (χ0v) is 19.9. The van der Waals surface area contributed by atoms with Gasteiger partial charge < -0.3 is 0 Å². The van der Waals surface area contributed by atoms with Crippen LogP contribution < -0.4 is 14.9 Å². The molecule has 0 N–H and O–H groups in total. The van der Waals surface area contributed by atoms with Crippen molar-refractivity contribution in [1.29, 1.82) is 0 Å². The topological polar surface area (TPSA) is 34.4 Å². The van der Waals surface area contributed by atoms with Crippen molar-refractivity contribution in [2.24, 2.45) is 4.99 Å². The van der Waals surface area contributed by atoms with E-state index in [0.717, 1.165) is 40.8 Å². The molecule has 4 aromatic rings. The van der Waals surface area contributed by atoms with Crippen molar-refractivity contribution >= 4 is 40.8 Å². The van der Waals surface area contributed by atoms with E-state index in [9.17, 15) is 4.79 Å². The molecule has 1 unspecified atom stereocenters. The van der Waals surface area contributed by atoms with E-state index in [1.807, 2.05) is 77.4 Å². The monoisotopic (exact) mass is 480 g/mol. The summed E-state index contributed by atoms with van der Waals surface area (Å²) in [6, 6.07) is 26.1. The summed E-state index contributed by atoms with van der Waals surface area (Å²) < 4.78 is 2.50. The lowest BCUT2D eigenvalue weighted by molar-refractivity contribution is 0.585. The van der Waals surface area contributed by atoms with Gasteiger partial charge in [-0.15, -0.1) is 0 Å². The lowest BCUT2D eigenvalue weighted by atomic mass is 9.83. The number of benzene rings is 3. The third-order valence-corrected chi connectivity index (χ3v) is 7.75. The highest BCUT2D eigenvalue weighted by atomic mass is 35.5. The van der Waals surface area contributed by atoms with Gasteiger partial charge in [0.2, 0.25) is 0 Å². The van der Waals surface area contributed by atoms with Gasteiger partial charge in [-0.05, 0) is 47.2 Å². The molecule has 1 aromatic heterocycles. The molecular weight excluding hydrogens is 460 g/mol. The van der Waals surface area contributed by atoms with E-state index < -0.39 is 0 Å². The van der Waals surface area contributed by atoms with Crippen molar-refractivity contribution in [3.63, 3.8) is 0 Å². The summed E-state index contributed by atoms with van der Waals surface area (Å²) in [6.45, 7) is 0. The van der Waals surface area contributed by atoms with Crippen LogP contribution in [0.25, 0.3) is 17.8 Å². The van der Waals surface area contributed by atoms with Crippen LogP contribution in [0.4, 0.5) is 0 Å². The van der Waals surface area contributed by atoms with Crippen LogP contribution in [-0.2, 0) is 6.42 Å². The molecule has 0 amide bonds. The molecule has 0 radical (unpaired) electrons. The number of hydrogen-bond donors (Lipinski definition) is 0. The van der Waals surface area contributed by atoms with Gasteiger partial charge >= 0.3 is 0 Å². The summed E-state index contributed by atoms with van der Waals surface area (Å²) in [7, 11) is 0. The Labute approximate surface area is 206 Å². The zero-order valence-electron chi connectivity index (χ0n) is 18.3. The van der Waals surface area contributed by atoms with Crippen LogP contribution in [0.2, 0.25) is 5.02 Å². The van der Waals surface area contributed by atoms with E-state index in [1.165, 1.54) is 16.9 Å². The molecule has 0 bridgehead atoms. The fourth-order valence-electron chi connectivity index (χ4n) is 4.82. The smallest absolute Gasteiger partial charge is 0.271 e. The number of nitrogens with zero attached hydrogens (tertiary/aromatic N) is 2. The zero-order chi connectivity index (χ0) is 23.1. The molecule has 6 rings (SSSR count). The summed E-state index contributed by atoms with van der Waals surface area (Å²) in [5.41, 5.74) is 6.60. The van der Waals surface area contributed by atoms with Crippen molar-refractivity contribution in [3.8, 4) is 0 Å². The third kappa shape index (κ3) is 3.60. The summed E-state index contributed by atoms with van der Waals surface area (Å²) in [5.74, 6) is 0. The normalized spacial score (nSPS) is 17.3. The minimum Gasteiger partial charge on any atom is -0.272 e. The Balaban J connectivity index is 1.56. The number of aryl methyl sites for hydroxylation is 1. The average Bonchev–Trinajstić information content (AvgIpc) is 3.18. The minimum absolute atomic E-state index is 0.0307. The predicted octanol–water partition coefficient (Wildman–Crippen LogP) is 5.64. The molecule has 166 valence electrons. The highest BCUT2D eigenvalue weighted by molar-refractivity contribution is 7.07. The molecule has 2 heterocycles. The van der Waals surface area contributed by atoms with Crippen molar-refractivity contribution in [2.75, 3.05) is 0 Å². The van der Waals surface area contributed by atoms with Crippen LogP contribution >= 0.6 is 22.9 Å². The van der Waals surface area contributed by atoms with Gasteiger partial charge in [0.05, 0.1) is 16.3 Å². The Morgan fingerprint density at radius 2 is 1.71 bits per heavy atom. The molecule has 3 aromatic carbocycles. The van der Waals surface area contributed by atoms with Gasteiger partial charge in [0.25, 0.3) is 5.56 Å². The molecule has 1 aliphatic heterocycles. The Bertz CT molecular complexity index is 1640. The molecule has 2 aliphatic rings. The molecule has 1 aliphatic carbocycles. The highest BCUT2D eigenvalue weighted by Crippen LogP contribution is 2.42. The van der Waals surface area contributed by atoms with Crippen molar-refractivity contribution < 1.29 is 0 Å². The molecule has 5 heteroatoms. The fourth-order valence-corrected chi connectivity index (χ4v) is 6.01. The Hall–Kier alpha value is -3.47. The molecule has 0 fully saturated rings. The van der Waals surface area contributed by atoms with E-state index in [2.05, 4.69) is 24.3 Å². The maximum Gasteiger partial charge on any atom is 0.271 e. The van der Waals surface area contributed by atoms with Gasteiger partial charge in [-0.2, -0.15) is 0 Å². The van der Waals surface area contributed by atoms with Crippen molar-refractivity contribution in [2.45, 2.75) is 18.9 Å². The van der Waals surface area contributed by atoms with Crippen LogP contribution in [0.15, 0.2) is 100 Å². The first-order valence-corrected chi connectivity index (χ1v) is 12.5. The first-order chi connectivity index (χ1) is 16.7. The third-order valence-electron chi connectivity index (χ3n) is 6.41. The maximum absolute atomic E-state index is 13.7. The summed E-state index contributed by atoms with van der Waals surface area (Å²) in [4.78, 5) is 19.4. The van der Waals surface area contributed by atoms with Gasteiger partial charge in [-0.1, -0.05) is 108 Å². The summed E-state index contributed by atoms with van der Waals surface area (Å²) in [5, 5.41) is 0.665. The van der Waals surface area contributed by atoms with Crippen molar-refractivity contribution in [1.82, 2.24) is 4.57 Å². The number of rotatable bonds is 3. The molecular formula is C29H21ClN2OS. The quantitative estimate of drug-likeness (QED) is 0.374. The Kier molecular flexibility index (Phi) is 5.40. The molecule has 0 saturated heterocycles. The number of hydrogen-bond acceptors (Lipinski definition) is 3. The maximum atomic E-state index is 13.7. The lowest BCUT2D eigenvalue weighted by Crippen LogP contribution is -2.38. The molecule has 1 atom stereocenters. The van der Waals surface area contributed by atoms with Crippen molar-refractivity contribution in [3.05, 3.63) is 137 Å². The summed E-state index contributed by atoms with van der Waals surface area (Å²) >= 11 is 8.11. The Morgan fingerprint density at radius 3 is 2.56 bits per heavy atom. The van der Waals surface area contributed by atoms with E-state index in [4.69, 9.17) is 16.6 Å². The van der Waals surface area contributed by atoms with E-state index in [0.29, 0.717) is 14.4 Å². The SMILES string of the molecule is O=c1c(=C/C=C/c2ccccc2)sc2n1C(c1ccccc1Cl)C1=C(N=2)c2ccccc2CC1. The molecule has 3 nitrogen and oxygen atoms in total.